The molecule has 0 radical (unpaired) electrons. The second-order valence-electron chi connectivity index (χ2n) is 6.21. The van der Waals surface area contributed by atoms with Gasteiger partial charge in [0.25, 0.3) is 0 Å². The molecule has 0 atom stereocenters. The van der Waals surface area contributed by atoms with E-state index in [-0.39, 0.29) is 11.3 Å². The molecule has 0 bridgehead atoms. The molecule has 0 aliphatic heterocycles. The summed E-state index contributed by atoms with van der Waals surface area (Å²) in [5.41, 5.74) is 1.26. The zero-order valence-corrected chi connectivity index (χ0v) is 18.2. The fourth-order valence-corrected chi connectivity index (χ4v) is 4.33. The number of halogens is 5. The minimum atomic E-state index is -0.616. The first-order chi connectivity index (χ1) is 14.5. The molecule has 4 rings (SSSR count). The second-order valence-corrected chi connectivity index (χ2v) is 8.37. The highest BCUT2D eigenvalue weighted by atomic mass is 35.5. The molecule has 152 valence electrons. The van der Waals surface area contributed by atoms with Gasteiger partial charge < -0.3 is 0 Å². The maximum atomic E-state index is 14.1. The molecule has 0 saturated heterocycles. The predicted octanol–water partition coefficient (Wildman–Crippen LogP) is 7.47. The van der Waals surface area contributed by atoms with Gasteiger partial charge in [0.05, 0.1) is 20.8 Å². The second kappa shape index (κ2) is 8.94. The van der Waals surface area contributed by atoms with Gasteiger partial charge in [-0.15, -0.1) is 10.2 Å². The summed E-state index contributed by atoms with van der Waals surface area (Å²) in [6.45, 7) is 0. The Hall–Kier alpha value is -2.12. The van der Waals surface area contributed by atoms with Crippen LogP contribution in [0.5, 0.6) is 0 Å². The van der Waals surface area contributed by atoms with Crippen molar-refractivity contribution in [3.05, 3.63) is 92.9 Å². The van der Waals surface area contributed by atoms with Crippen molar-refractivity contribution in [3.8, 4) is 17.1 Å². The van der Waals surface area contributed by atoms with Crippen LogP contribution in [0, 0.1) is 11.6 Å². The molecule has 9 heteroatoms. The summed E-state index contributed by atoms with van der Waals surface area (Å²) in [5, 5.41) is 10.2. The van der Waals surface area contributed by atoms with Gasteiger partial charge in [0, 0.05) is 16.9 Å². The Morgan fingerprint density at radius 3 is 2.23 bits per heavy atom. The number of thioether (sulfide) groups is 1. The van der Waals surface area contributed by atoms with Crippen LogP contribution in [0.2, 0.25) is 15.1 Å². The van der Waals surface area contributed by atoms with Gasteiger partial charge in [-0.2, -0.15) is 0 Å². The third-order valence-electron chi connectivity index (χ3n) is 4.32. The van der Waals surface area contributed by atoms with Crippen molar-refractivity contribution in [2.75, 3.05) is 0 Å². The van der Waals surface area contributed by atoms with Gasteiger partial charge in [-0.1, -0.05) is 64.8 Å². The Bertz CT molecular complexity index is 1210. The molecular weight excluding hydrogens is 471 g/mol. The predicted molar refractivity (Wildman–Crippen MR) is 118 cm³/mol. The van der Waals surface area contributed by atoms with Gasteiger partial charge in [-0.25, -0.2) is 8.78 Å². The molecule has 0 unspecified atom stereocenters. The summed E-state index contributed by atoms with van der Waals surface area (Å²) in [7, 11) is 0. The number of benzene rings is 3. The van der Waals surface area contributed by atoms with Crippen molar-refractivity contribution in [1.82, 2.24) is 14.8 Å². The molecular formula is C21H12Cl3F2N3S. The average Bonchev–Trinajstić information content (AvgIpc) is 3.14. The van der Waals surface area contributed by atoms with Crippen LogP contribution in [0.4, 0.5) is 8.78 Å². The summed E-state index contributed by atoms with van der Waals surface area (Å²) in [5.74, 6) is -0.736. The molecule has 0 N–H and O–H groups in total. The van der Waals surface area contributed by atoms with Crippen molar-refractivity contribution >= 4 is 46.6 Å². The van der Waals surface area contributed by atoms with Crippen molar-refractivity contribution in [3.63, 3.8) is 0 Å². The highest BCUT2D eigenvalue weighted by Crippen LogP contribution is 2.35. The van der Waals surface area contributed by atoms with Gasteiger partial charge in [0.2, 0.25) is 0 Å². The molecule has 1 aromatic heterocycles. The molecule has 3 aromatic carbocycles. The van der Waals surface area contributed by atoms with Crippen molar-refractivity contribution < 1.29 is 8.78 Å². The van der Waals surface area contributed by atoms with E-state index in [0.717, 1.165) is 11.8 Å². The van der Waals surface area contributed by atoms with E-state index < -0.39 is 11.6 Å². The number of hydrogen-bond acceptors (Lipinski definition) is 3. The molecule has 4 aromatic rings. The molecule has 0 aliphatic carbocycles. The van der Waals surface area contributed by atoms with Crippen molar-refractivity contribution in [1.29, 1.82) is 0 Å². The van der Waals surface area contributed by atoms with Crippen LogP contribution in [0.1, 0.15) is 5.56 Å². The van der Waals surface area contributed by atoms with Gasteiger partial charge in [-0.3, -0.25) is 4.57 Å². The van der Waals surface area contributed by atoms with Gasteiger partial charge >= 0.3 is 0 Å². The fraction of sp³-hybridized carbons (Fsp3) is 0.0476. The highest BCUT2D eigenvalue weighted by molar-refractivity contribution is 7.98. The summed E-state index contributed by atoms with van der Waals surface area (Å²) < 4.78 is 29.8. The molecule has 0 amide bonds. The van der Waals surface area contributed by atoms with Crippen LogP contribution in [-0.4, -0.2) is 14.8 Å². The van der Waals surface area contributed by atoms with Crippen molar-refractivity contribution in [2.24, 2.45) is 0 Å². The Balaban J connectivity index is 1.81. The standard InChI is InChI=1S/C21H12Cl3F2N3S/c22-15-5-2-1-4-13(15)20-27-28-21(29(20)12-8-9-16(23)17(24)10-12)30-11-14-18(25)6-3-7-19(14)26/h1-10H,11H2. The lowest BCUT2D eigenvalue weighted by Gasteiger charge is -2.12. The van der Waals surface area contributed by atoms with E-state index in [2.05, 4.69) is 10.2 Å². The van der Waals surface area contributed by atoms with Gasteiger partial charge in [-0.05, 0) is 42.5 Å². The number of rotatable bonds is 5. The fourth-order valence-electron chi connectivity index (χ4n) is 2.84. The molecule has 0 spiro atoms. The third-order valence-corrected chi connectivity index (χ3v) is 6.34. The normalized spacial score (nSPS) is 11.1. The maximum absolute atomic E-state index is 14.1. The van der Waals surface area contributed by atoms with E-state index in [4.69, 9.17) is 34.8 Å². The smallest absolute Gasteiger partial charge is 0.196 e. The van der Waals surface area contributed by atoms with E-state index in [1.54, 1.807) is 28.8 Å². The lowest BCUT2D eigenvalue weighted by molar-refractivity contribution is 0.566. The van der Waals surface area contributed by atoms with E-state index >= 15 is 0 Å². The number of hydrogen-bond donors (Lipinski definition) is 0. The first-order valence-corrected chi connectivity index (χ1v) is 10.8. The average molecular weight is 483 g/mol. The van der Waals surface area contributed by atoms with Gasteiger partial charge in [0.1, 0.15) is 11.6 Å². The third kappa shape index (κ3) is 4.18. The Labute approximate surface area is 190 Å². The van der Waals surface area contributed by atoms with Gasteiger partial charge in [0.15, 0.2) is 11.0 Å². The lowest BCUT2D eigenvalue weighted by atomic mass is 10.2. The summed E-state index contributed by atoms with van der Waals surface area (Å²) in [6.07, 6.45) is 0. The summed E-state index contributed by atoms with van der Waals surface area (Å²) >= 11 is 19.8. The molecule has 3 nitrogen and oxygen atoms in total. The summed E-state index contributed by atoms with van der Waals surface area (Å²) in [6, 6.07) is 16.0. The van der Waals surface area contributed by atoms with E-state index in [1.807, 2.05) is 18.2 Å². The molecule has 0 fully saturated rings. The van der Waals surface area contributed by atoms with Crippen LogP contribution in [0.25, 0.3) is 17.1 Å². The van der Waals surface area contributed by atoms with Crippen LogP contribution in [0.15, 0.2) is 65.8 Å². The highest BCUT2D eigenvalue weighted by Gasteiger charge is 2.20. The minimum Gasteiger partial charge on any atom is -0.270 e. The molecule has 30 heavy (non-hydrogen) atoms. The van der Waals surface area contributed by atoms with Crippen LogP contribution in [-0.2, 0) is 5.75 Å². The first-order valence-electron chi connectivity index (χ1n) is 8.67. The van der Waals surface area contributed by atoms with Crippen LogP contribution in [0.3, 0.4) is 0 Å². The van der Waals surface area contributed by atoms with Crippen LogP contribution >= 0.6 is 46.6 Å². The Morgan fingerprint density at radius 2 is 1.53 bits per heavy atom. The van der Waals surface area contributed by atoms with Crippen LogP contribution < -0.4 is 0 Å². The summed E-state index contributed by atoms with van der Waals surface area (Å²) in [4.78, 5) is 0. The largest absolute Gasteiger partial charge is 0.270 e. The number of aromatic nitrogens is 3. The maximum Gasteiger partial charge on any atom is 0.196 e. The molecule has 0 aliphatic rings. The quantitative estimate of drug-likeness (QED) is 0.276. The first kappa shape index (κ1) is 21.1. The zero-order valence-electron chi connectivity index (χ0n) is 15.1. The lowest BCUT2D eigenvalue weighted by Crippen LogP contribution is -2.01. The Morgan fingerprint density at radius 1 is 0.800 bits per heavy atom. The topological polar surface area (TPSA) is 30.7 Å². The SMILES string of the molecule is Fc1cccc(F)c1CSc1nnc(-c2ccccc2Cl)n1-c1ccc(Cl)c(Cl)c1. The minimum absolute atomic E-state index is 0.0283. The van der Waals surface area contributed by atoms with E-state index in [9.17, 15) is 8.78 Å². The van der Waals surface area contributed by atoms with E-state index in [1.165, 1.54) is 18.2 Å². The Kier molecular flexibility index (Phi) is 6.29. The van der Waals surface area contributed by atoms with Crippen molar-refractivity contribution in [2.45, 2.75) is 10.9 Å². The molecule has 0 saturated carbocycles. The zero-order chi connectivity index (χ0) is 21.3. The van der Waals surface area contributed by atoms with E-state index in [0.29, 0.717) is 37.3 Å². The number of nitrogens with zero attached hydrogens (tertiary/aromatic N) is 3. The monoisotopic (exact) mass is 481 g/mol. The molecule has 1 heterocycles.